The van der Waals surface area contributed by atoms with Crippen LogP contribution in [0.3, 0.4) is 0 Å². The molecular weight excluding hydrogens is 232 g/mol. The zero-order valence-corrected chi connectivity index (χ0v) is 10.9. The summed E-state index contributed by atoms with van der Waals surface area (Å²) in [5, 5.41) is 6.80. The Labute approximate surface area is 107 Å². The van der Waals surface area contributed by atoms with E-state index in [1.54, 1.807) is 6.07 Å². The van der Waals surface area contributed by atoms with Gasteiger partial charge in [-0.2, -0.15) is 5.10 Å². The van der Waals surface area contributed by atoms with Gasteiger partial charge in [0.25, 0.3) is 0 Å². The summed E-state index contributed by atoms with van der Waals surface area (Å²) in [5.41, 5.74) is 1.30. The number of carbonyl (C=O) groups is 1. The number of aromatic nitrogens is 2. The minimum atomic E-state index is -0.365. The number of nitrogens with one attached hydrogen (secondary N) is 1. The number of esters is 1. The molecule has 1 saturated heterocycles. The molecule has 2 heterocycles. The minimum absolute atomic E-state index is 0.253. The Hall–Kier alpha value is -1.36. The first-order valence-corrected chi connectivity index (χ1v) is 6.51. The van der Waals surface area contributed by atoms with E-state index in [4.69, 9.17) is 9.47 Å². The van der Waals surface area contributed by atoms with Gasteiger partial charge in [0.2, 0.25) is 0 Å². The van der Waals surface area contributed by atoms with Gasteiger partial charge >= 0.3 is 5.97 Å². The van der Waals surface area contributed by atoms with Gasteiger partial charge in [-0.15, -0.1) is 0 Å². The fourth-order valence-corrected chi connectivity index (χ4v) is 1.97. The highest BCUT2D eigenvalue weighted by molar-refractivity contribution is 5.87. The SMILES string of the molecule is CC(C)c1cc(C(=O)OCC[C@@H]2CCCO2)n[nH]1. The second kappa shape index (κ2) is 6.00. The Kier molecular flexibility index (Phi) is 4.36. The van der Waals surface area contributed by atoms with Gasteiger partial charge in [-0.1, -0.05) is 13.8 Å². The van der Waals surface area contributed by atoms with Gasteiger partial charge in [-0.3, -0.25) is 5.10 Å². The monoisotopic (exact) mass is 252 g/mol. The summed E-state index contributed by atoms with van der Waals surface area (Å²) in [4.78, 5) is 11.7. The maximum Gasteiger partial charge on any atom is 0.358 e. The maximum absolute atomic E-state index is 11.7. The molecule has 100 valence electrons. The number of ether oxygens (including phenoxy) is 2. The third-order valence-electron chi connectivity index (χ3n) is 3.13. The predicted octanol–water partition coefficient (Wildman–Crippen LogP) is 2.26. The number of rotatable bonds is 5. The van der Waals surface area contributed by atoms with E-state index in [0.29, 0.717) is 18.2 Å². The van der Waals surface area contributed by atoms with Crippen molar-refractivity contribution in [2.75, 3.05) is 13.2 Å². The number of nitrogens with zero attached hydrogens (tertiary/aromatic N) is 1. The van der Waals surface area contributed by atoms with E-state index >= 15 is 0 Å². The average molecular weight is 252 g/mol. The van der Waals surface area contributed by atoms with Crippen LogP contribution in [-0.4, -0.2) is 35.5 Å². The molecule has 0 aromatic carbocycles. The van der Waals surface area contributed by atoms with Crippen molar-refractivity contribution >= 4 is 5.97 Å². The Balaban J connectivity index is 1.76. The van der Waals surface area contributed by atoms with Crippen LogP contribution in [0.5, 0.6) is 0 Å². The first kappa shape index (κ1) is 13.1. The molecule has 0 radical (unpaired) electrons. The molecule has 1 aliphatic heterocycles. The van der Waals surface area contributed by atoms with Gasteiger partial charge in [-0.25, -0.2) is 4.79 Å². The molecule has 1 aromatic rings. The lowest BCUT2D eigenvalue weighted by Gasteiger charge is -2.08. The standard InChI is InChI=1S/C13H20N2O3/c1-9(2)11-8-12(15-14-11)13(16)18-7-5-10-4-3-6-17-10/h8-10H,3-7H2,1-2H3,(H,14,15)/t10-/m0/s1. The first-order valence-electron chi connectivity index (χ1n) is 6.51. The van der Waals surface area contributed by atoms with Crippen LogP contribution in [0.4, 0.5) is 0 Å². The number of hydrogen-bond donors (Lipinski definition) is 1. The third kappa shape index (κ3) is 3.32. The van der Waals surface area contributed by atoms with Crippen LogP contribution in [0.2, 0.25) is 0 Å². The molecule has 1 atom stereocenters. The normalized spacial score (nSPS) is 19.4. The highest BCUT2D eigenvalue weighted by atomic mass is 16.5. The molecule has 2 rings (SSSR count). The maximum atomic E-state index is 11.7. The average Bonchev–Trinajstić information content (AvgIpc) is 2.99. The molecule has 18 heavy (non-hydrogen) atoms. The van der Waals surface area contributed by atoms with Crippen LogP contribution < -0.4 is 0 Å². The van der Waals surface area contributed by atoms with Crippen molar-refractivity contribution in [3.8, 4) is 0 Å². The number of carbonyl (C=O) groups excluding carboxylic acids is 1. The van der Waals surface area contributed by atoms with Crippen LogP contribution in [0.25, 0.3) is 0 Å². The summed E-state index contributed by atoms with van der Waals surface area (Å²) < 4.78 is 10.6. The molecule has 1 N–H and O–H groups in total. The molecular formula is C13H20N2O3. The van der Waals surface area contributed by atoms with Crippen molar-refractivity contribution in [1.29, 1.82) is 0 Å². The fourth-order valence-electron chi connectivity index (χ4n) is 1.97. The van der Waals surface area contributed by atoms with Crippen LogP contribution in [0.15, 0.2) is 6.07 Å². The number of H-pyrrole nitrogens is 1. The summed E-state index contributed by atoms with van der Waals surface area (Å²) in [5.74, 6) is -0.0397. The fraction of sp³-hybridized carbons (Fsp3) is 0.692. The van der Waals surface area contributed by atoms with E-state index in [2.05, 4.69) is 10.2 Å². The summed E-state index contributed by atoms with van der Waals surface area (Å²) in [6, 6.07) is 1.75. The molecule has 1 aliphatic rings. The van der Waals surface area contributed by atoms with Gasteiger partial charge in [0, 0.05) is 18.7 Å². The Morgan fingerprint density at radius 2 is 2.50 bits per heavy atom. The highest BCUT2D eigenvalue weighted by Gasteiger charge is 2.17. The summed E-state index contributed by atoms with van der Waals surface area (Å²) in [7, 11) is 0. The van der Waals surface area contributed by atoms with Crippen molar-refractivity contribution in [3.05, 3.63) is 17.5 Å². The second-order valence-corrected chi connectivity index (χ2v) is 4.92. The smallest absolute Gasteiger partial charge is 0.358 e. The molecule has 0 unspecified atom stereocenters. The highest BCUT2D eigenvalue weighted by Crippen LogP contribution is 2.16. The molecule has 0 aliphatic carbocycles. The van der Waals surface area contributed by atoms with E-state index in [-0.39, 0.29) is 12.1 Å². The molecule has 1 aromatic heterocycles. The molecule has 0 spiro atoms. The van der Waals surface area contributed by atoms with E-state index in [9.17, 15) is 4.79 Å². The zero-order chi connectivity index (χ0) is 13.0. The van der Waals surface area contributed by atoms with Gasteiger partial charge in [0.05, 0.1) is 12.7 Å². The van der Waals surface area contributed by atoms with Crippen molar-refractivity contribution < 1.29 is 14.3 Å². The second-order valence-electron chi connectivity index (χ2n) is 4.92. The number of hydrogen-bond acceptors (Lipinski definition) is 4. The summed E-state index contributed by atoms with van der Waals surface area (Å²) >= 11 is 0. The molecule has 0 saturated carbocycles. The molecule has 0 amide bonds. The Morgan fingerprint density at radius 1 is 1.67 bits per heavy atom. The van der Waals surface area contributed by atoms with Crippen LogP contribution in [0, 0.1) is 0 Å². The quantitative estimate of drug-likeness (QED) is 0.816. The van der Waals surface area contributed by atoms with Crippen molar-refractivity contribution in [2.45, 2.75) is 45.1 Å². The molecule has 5 heteroatoms. The first-order chi connectivity index (χ1) is 8.66. The minimum Gasteiger partial charge on any atom is -0.461 e. The number of aromatic amines is 1. The van der Waals surface area contributed by atoms with E-state index in [1.807, 2.05) is 13.8 Å². The van der Waals surface area contributed by atoms with E-state index < -0.39 is 0 Å². The van der Waals surface area contributed by atoms with Crippen molar-refractivity contribution in [2.24, 2.45) is 0 Å². The molecule has 5 nitrogen and oxygen atoms in total. The van der Waals surface area contributed by atoms with E-state index in [0.717, 1.165) is 31.6 Å². The van der Waals surface area contributed by atoms with Crippen LogP contribution in [-0.2, 0) is 9.47 Å². The third-order valence-corrected chi connectivity index (χ3v) is 3.13. The van der Waals surface area contributed by atoms with Gasteiger partial charge in [0.1, 0.15) is 0 Å². The molecule has 0 bridgehead atoms. The largest absolute Gasteiger partial charge is 0.461 e. The van der Waals surface area contributed by atoms with Gasteiger partial charge in [-0.05, 0) is 24.8 Å². The Morgan fingerprint density at radius 3 is 3.11 bits per heavy atom. The predicted molar refractivity (Wildman–Crippen MR) is 66.6 cm³/mol. The summed E-state index contributed by atoms with van der Waals surface area (Å²) in [6.45, 7) is 5.31. The lowest BCUT2D eigenvalue weighted by atomic mass is 10.1. The lowest BCUT2D eigenvalue weighted by Crippen LogP contribution is -2.13. The zero-order valence-electron chi connectivity index (χ0n) is 10.9. The van der Waals surface area contributed by atoms with Gasteiger partial charge in [0.15, 0.2) is 5.69 Å². The van der Waals surface area contributed by atoms with Gasteiger partial charge < -0.3 is 9.47 Å². The Bertz CT molecular complexity index is 395. The molecule has 1 fully saturated rings. The van der Waals surface area contributed by atoms with Crippen molar-refractivity contribution in [3.63, 3.8) is 0 Å². The van der Waals surface area contributed by atoms with Crippen molar-refractivity contribution in [1.82, 2.24) is 10.2 Å². The lowest BCUT2D eigenvalue weighted by molar-refractivity contribution is 0.0380. The summed E-state index contributed by atoms with van der Waals surface area (Å²) in [6.07, 6.45) is 3.20. The van der Waals surface area contributed by atoms with Crippen LogP contribution in [0.1, 0.15) is 55.2 Å². The van der Waals surface area contributed by atoms with E-state index in [1.165, 1.54) is 0 Å². The topological polar surface area (TPSA) is 64.2 Å². The van der Waals surface area contributed by atoms with Crippen LogP contribution >= 0.6 is 0 Å².